The van der Waals surface area contributed by atoms with Gasteiger partial charge in [-0.15, -0.1) is 0 Å². The number of nitrogens with one attached hydrogen (secondary N) is 1. The predicted octanol–water partition coefficient (Wildman–Crippen LogP) is 0.814. The first-order valence-corrected chi connectivity index (χ1v) is 5.62. The lowest BCUT2D eigenvalue weighted by molar-refractivity contribution is -0.133. The van der Waals surface area contributed by atoms with Crippen LogP contribution >= 0.6 is 0 Å². The maximum atomic E-state index is 11.8. The summed E-state index contributed by atoms with van der Waals surface area (Å²) in [7, 11) is 0. The summed E-state index contributed by atoms with van der Waals surface area (Å²) in [6.45, 7) is 3.54. The number of hydrogen-bond donors (Lipinski definition) is 1. The molecule has 0 aromatic heterocycles. The van der Waals surface area contributed by atoms with E-state index >= 15 is 0 Å². The van der Waals surface area contributed by atoms with Crippen LogP contribution in [0, 0.1) is 0 Å². The van der Waals surface area contributed by atoms with Crippen LogP contribution in [0.25, 0.3) is 0 Å². The van der Waals surface area contributed by atoms with E-state index in [2.05, 4.69) is 0 Å². The molecule has 0 heterocycles. The van der Waals surface area contributed by atoms with Gasteiger partial charge in [0.2, 0.25) is 5.91 Å². The maximum Gasteiger partial charge on any atom is 0.308 e. The fourth-order valence-electron chi connectivity index (χ4n) is 1.39. The van der Waals surface area contributed by atoms with Crippen molar-refractivity contribution in [1.82, 2.24) is 5.32 Å². The van der Waals surface area contributed by atoms with Gasteiger partial charge in [0.25, 0.3) is 5.91 Å². The van der Waals surface area contributed by atoms with E-state index in [0.29, 0.717) is 0 Å². The number of benzene rings is 1. The molecular formula is C13H13NO6. The Morgan fingerprint density at radius 1 is 0.950 bits per heavy atom. The van der Waals surface area contributed by atoms with Crippen molar-refractivity contribution in [2.24, 2.45) is 0 Å². The Morgan fingerprint density at radius 3 is 2.05 bits per heavy atom. The fourth-order valence-corrected chi connectivity index (χ4v) is 1.39. The van der Waals surface area contributed by atoms with E-state index in [9.17, 15) is 19.2 Å². The van der Waals surface area contributed by atoms with Crippen molar-refractivity contribution in [3.8, 4) is 11.5 Å². The number of rotatable bonds is 3. The van der Waals surface area contributed by atoms with Gasteiger partial charge in [0.05, 0.1) is 5.56 Å². The van der Waals surface area contributed by atoms with Gasteiger partial charge in [0, 0.05) is 20.8 Å². The van der Waals surface area contributed by atoms with Crippen LogP contribution in [0.15, 0.2) is 18.2 Å². The number of amides is 2. The first kappa shape index (κ1) is 15.4. The molecule has 1 aromatic rings. The van der Waals surface area contributed by atoms with E-state index in [1.54, 1.807) is 0 Å². The summed E-state index contributed by atoms with van der Waals surface area (Å²) in [5.41, 5.74) is -0.0887. The average molecular weight is 279 g/mol. The summed E-state index contributed by atoms with van der Waals surface area (Å²) in [6.07, 6.45) is 0. The summed E-state index contributed by atoms with van der Waals surface area (Å²) in [5.74, 6) is -2.45. The smallest absolute Gasteiger partial charge is 0.308 e. The minimum Gasteiger partial charge on any atom is -0.427 e. The molecule has 0 bridgehead atoms. The molecule has 1 N–H and O–H groups in total. The molecule has 0 spiro atoms. The molecule has 0 atom stereocenters. The fraction of sp³-hybridized carbons (Fsp3) is 0.231. The summed E-state index contributed by atoms with van der Waals surface area (Å²) in [4.78, 5) is 44.6. The minimum atomic E-state index is -0.761. The Morgan fingerprint density at radius 2 is 1.55 bits per heavy atom. The van der Waals surface area contributed by atoms with Gasteiger partial charge >= 0.3 is 11.9 Å². The van der Waals surface area contributed by atoms with Gasteiger partial charge in [-0.1, -0.05) is 0 Å². The number of esters is 2. The third kappa shape index (κ3) is 4.52. The van der Waals surface area contributed by atoms with Crippen molar-refractivity contribution in [3.63, 3.8) is 0 Å². The molecule has 2 amide bonds. The van der Waals surface area contributed by atoms with Crippen molar-refractivity contribution in [3.05, 3.63) is 23.8 Å². The molecular weight excluding hydrogens is 266 g/mol. The standard InChI is InChI=1S/C13H13NO6/c1-7(15)14-13(18)11-6-10(19-8(2)16)4-5-12(11)20-9(3)17/h4-6H,1-3H3,(H,14,15,18). The minimum absolute atomic E-state index is 0.0350. The zero-order valence-corrected chi connectivity index (χ0v) is 11.2. The maximum absolute atomic E-state index is 11.8. The summed E-state index contributed by atoms with van der Waals surface area (Å²) in [5, 5.41) is 2.04. The van der Waals surface area contributed by atoms with Crippen LogP contribution in [0.3, 0.4) is 0 Å². The van der Waals surface area contributed by atoms with E-state index in [0.717, 1.165) is 0 Å². The number of carbonyl (C=O) groups is 4. The summed E-state index contributed by atoms with van der Waals surface area (Å²) in [6, 6.07) is 3.87. The second-order valence-electron chi connectivity index (χ2n) is 3.86. The highest BCUT2D eigenvalue weighted by molar-refractivity contribution is 6.06. The van der Waals surface area contributed by atoms with Crippen LogP contribution in [-0.2, 0) is 14.4 Å². The molecule has 0 unspecified atom stereocenters. The first-order chi connectivity index (χ1) is 9.29. The highest BCUT2D eigenvalue weighted by Crippen LogP contribution is 2.24. The zero-order valence-electron chi connectivity index (χ0n) is 11.2. The molecule has 0 aliphatic heterocycles. The lowest BCUT2D eigenvalue weighted by Crippen LogP contribution is -2.28. The zero-order chi connectivity index (χ0) is 15.3. The van der Waals surface area contributed by atoms with Crippen LogP contribution in [0.1, 0.15) is 31.1 Å². The molecule has 0 saturated heterocycles. The lowest BCUT2D eigenvalue weighted by atomic mass is 10.1. The molecule has 7 nitrogen and oxygen atoms in total. The summed E-state index contributed by atoms with van der Waals surface area (Å²) < 4.78 is 9.68. The van der Waals surface area contributed by atoms with Crippen LogP contribution < -0.4 is 14.8 Å². The van der Waals surface area contributed by atoms with E-state index in [1.807, 2.05) is 5.32 Å². The van der Waals surface area contributed by atoms with Crippen molar-refractivity contribution in [2.45, 2.75) is 20.8 Å². The second kappa shape index (κ2) is 6.46. The molecule has 0 saturated carbocycles. The third-order valence-electron chi connectivity index (χ3n) is 2.00. The summed E-state index contributed by atoms with van der Waals surface area (Å²) >= 11 is 0. The Labute approximate surface area is 114 Å². The molecule has 106 valence electrons. The highest BCUT2D eigenvalue weighted by Gasteiger charge is 2.17. The molecule has 1 rings (SSSR count). The number of imide groups is 1. The van der Waals surface area contributed by atoms with Gasteiger partial charge < -0.3 is 9.47 Å². The molecule has 0 aliphatic rings. The van der Waals surface area contributed by atoms with Crippen LogP contribution in [0.5, 0.6) is 11.5 Å². The van der Waals surface area contributed by atoms with Crippen molar-refractivity contribution >= 4 is 23.8 Å². The van der Waals surface area contributed by atoms with Crippen molar-refractivity contribution < 1.29 is 28.7 Å². The van der Waals surface area contributed by atoms with E-state index < -0.39 is 23.8 Å². The first-order valence-electron chi connectivity index (χ1n) is 5.62. The average Bonchev–Trinajstić information content (AvgIpc) is 2.28. The van der Waals surface area contributed by atoms with E-state index in [1.165, 1.54) is 39.0 Å². The van der Waals surface area contributed by atoms with Gasteiger partial charge in [-0.3, -0.25) is 24.5 Å². The molecule has 0 radical (unpaired) electrons. The Hall–Kier alpha value is -2.70. The normalized spacial score (nSPS) is 9.55. The molecule has 0 aliphatic carbocycles. The van der Waals surface area contributed by atoms with Crippen LogP contribution in [0.2, 0.25) is 0 Å². The number of carbonyl (C=O) groups excluding carboxylic acids is 4. The third-order valence-corrected chi connectivity index (χ3v) is 2.00. The Balaban J connectivity index is 3.17. The lowest BCUT2D eigenvalue weighted by Gasteiger charge is -2.10. The van der Waals surface area contributed by atoms with Gasteiger partial charge in [-0.2, -0.15) is 0 Å². The Bertz CT molecular complexity index is 578. The molecule has 20 heavy (non-hydrogen) atoms. The van der Waals surface area contributed by atoms with Gasteiger partial charge in [0.15, 0.2) is 0 Å². The SMILES string of the molecule is CC(=O)NC(=O)c1cc(OC(C)=O)ccc1OC(C)=O. The number of hydrogen-bond acceptors (Lipinski definition) is 6. The molecule has 1 aromatic carbocycles. The number of ether oxygens (including phenoxy) is 2. The highest BCUT2D eigenvalue weighted by atomic mass is 16.5. The molecule has 7 heteroatoms. The second-order valence-corrected chi connectivity index (χ2v) is 3.86. The van der Waals surface area contributed by atoms with Gasteiger partial charge in [-0.05, 0) is 18.2 Å². The Kier molecular flexibility index (Phi) is 4.96. The topological polar surface area (TPSA) is 98.8 Å². The van der Waals surface area contributed by atoms with Crippen molar-refractivity contribution in [2.75, 3.05) is 0 Å². The monoisotopic (exact) mass is 279 g/mol. The van der Waals surface area contributed by atoms with Gasteiger partial charge in [0.1, 0.15) is 11.5 Å². The van der Waals surface area contributed by atoms with E-state index in [-0.39, 0.29) is 17.1 Å². The van der Waals surface area contributed by atoms with E-state index in [4.69, 9.17) is 9.47 Å². The molecule has 0 fully saturated rings. The predicted molar refractivity (Wildman–Crippen MR) is 67.2 cm³/mol. The van der Waals surface area contributed by atoms with Crippen LogP contribution in [-0.4, -0.2) is 23.8 Å². The van der Waals surface area contributed by atoms with Crippen LogP contribution in [0.4, 0.5) is 0 Å². The largest absolute Gasteiger partial charge is 0.427 e. The van der Waals surface area contributed by atoms with Crippen molar-refractivity contribution in [1.29, 1.82) is 0 Å². The quantitative estimate of drug-likeness (QED) is 0.649. The van der Waals surface area contributed by atoms with Gasteiger partial charge in [-0.25, -0.2) is 0 Å².